The molecule has 8 heteroatoms. The molecule has 0 bridgehead atoms. The molecule has 23 heavy (non-hydrogen) atoms. The Morgan fingerprint density at radius 2 is 1.87 bits per heavy atom. The van der Waals surface area contributed by atoms with Crippen LogP contribution in [0.15, 0.2) is 18.2 Å². The maximum atomic E-state index is 11.7. The third kappa shape index (κ3) is 2.64. The molecule has 1 atom stereocenters. The Kier molecular flexibility index (Phi) is 3.53. The molecular weight excluding hydrogens is 302 g/mol. The van der Waals surface area contributed by atoms with E-state index in [0.29, 0.717) is 23.1 Å². The van der Waals surface area contributed by atoms with Crippen LogP contribution in [0.5, 0.6) is 17.2 Å². The number of nitrogens with zero attached hydrogens (tertiary/aromatic N) is 2. The fourth-order valence-electron chi connectivity index (χ4n) is 2.46. The standard InChI is InChI=1S/C15H15N3O5/c1-7(16)6-18-9-5-10(19)14-15(13(9)8(2)17-18)23-12(21)4-3-11(20)22-14/h3-5,7,19H,6,16H2,1-2H3/b4-3+. The van der Waals surface area contributed by atoms with Gasteiger partial charge >= 0.3 is 11.9 Å². The Labute approximate surface area is 131 Å². The Bertz CT molecular complexity index is 851. The number of phenolic OH excluding ortho intramolecular Hbond substituents is 1. The van der Waals surface area contributed by atoms with Gasteiger partial charge < -0.3 is 20.3 Å². The molecule has 120 valence electrons. The zero-order chi connectivity index (χ0) is 16.7. The third-order valence-corrected chi connectivity index (χ3v) is 3.33. The number of nitrogens with two attached hydrogens (primary N) is 1. The van der Waals surface area contributed by atoms with Crippen LogP contribution in [0.3, 0.4) is 0 Å². The summed E-state index contributed by atoms with van der Waals surface area (Å²) in [7, 11) is 0. The number of hydrogen-bond acceptors (Lipinski definition) is 7. The molecule has 1 unspecified atom stereocenters. The first-order valence-corrected chi connectivity index (χ1v) is 6.97. The summed E-state index contributed by atoms with van der Waals surface area (Å²) in [5.41, 5.74) is 6.89. The van der Waals surface area contributed by atoms with Gasteiger partial charge in [-0.1, -0.05) is 0 Å². The molecule has 1 aromatic carbocycles. The van der Waals surface area contributed by atoms with Crippen molar-refractivity contribution in [2.75, 3.05) is 0 Å². The van der Waals surface area contributed by atoms with Gasteiger partial charge in [0.1, 0.15) is 0 Å². The molecule has 0 radical (unpaired) electrons. The van der Waals surface area contributed by atoms with E-state index < -0.39 is 11.9 Å². The molecule has 0 saturated heterocycles. The number of fused-ring (bicyclic) bond motifs is 3. The number of benzene rings is 1. The predicted molar refractivity (Wildman–Crippen MR) is 80.2 cm³/mol. The normalized spacial score (nSPS) is 17.0. The molecule has 1 aliphatic heterocycles. The van der Waals surface area contributed by atoms with Gasteiger partial charge in [-0.25, -0.2) is 9.59 Å². The molecule has 8 nitrogen and oxygen atoms in total. The molecule has 3 N–H and O–H groups in total. The quantitative estimate of drug-likeness (QED) is 0.621. The number of hydrogen-bond donors (Lipinski definition) is 2. The second kappa shape index (κ2) is 5.40. The second-order valence-corrected chi connectivity index (χ2v) is 5.37. The van der Waals surface area contributed by atoms with E-state index in [-0.39, 0.29) is 23.3 Å². The zero-order valence-corrected chi connectivity index (χ0v) is 12.6. The van der Waals surface area contributed by atoms with Crippen LogP contribution in [0.4, 0.5) is 0 Å². The number of esters is 2. The van der Waals surface area contributed by atoms with Crippen LogP contribution in [-0.4, -0.2) is 32.9 Å². The van der Waals surface area contributed by atoms with E-state index in [4.69, 9.17) is 15.2 Å². The third-order valence-electron chi connectivity index (χ3n) is 3.33. The van der Waals surface area contributed by atoms with Gasteiger partial charge in [-0.05, 0) is 13.8 Å². The fourth-order valence-corrected chi connectivity index (χ4v) is 2.46. The summed E-state index contributed by atoms with van der Waals surface area (Å²) in [5.74, 6) is -2.08. The molecule has 2 aromatic rings. The SMILES string of the molecule is Cc1nn(CC(C)N)c2cc(O)c3c(c12)OC(=O)/C=C/C(=O)O3. The number of carbonyl (C=O) groups excluding carboxylic acids is 2. The van der Waals surface area contributed by atoms with E-state index in [0.717, 1.165) is 12.2 Å². The number of ether oxygens (including phenoxy) is 2. The zero-order valence-electron chi connectivity index (χ0n) is 12.6. The lowest BCUT2D eigenvalue weighted by atomic mass is 10.1. The average molecular weight is 317 g/mol. The summed E-state index contributed by atoms with van der Waals surface area (Å²) in [6, 6.07) is 1.24. The number of aryl methyl sites for hydroxylation is 1. The minimum Gasteiger partial charge on any atom is -0.504 e. The lowest BCUT2D eigenvalue weighted by Gasteiger charge is -2.14. The van der Waals surface area contributed by atoms with Crippen LogP contribution < -0.4 is 15.2 Å². The molecular formula is C15H15N3O5. The van der Waals surface area contributed by atoms with Crippen LogP contribution in [-0.2, 0) is 16.1 Å². The highest BCUT2D eigenvalue weighted by Crippen LogP contribution is 2.45. The van der Waals surface area contributed by atoms with Crippen molar-refractivity contribution in [1.82, 2.24) is 9.78 Å². The Morgan fingerprint density at radius 3 is 2.48 bits per heavy atom. The highest BCUT2D eigenvalue weighted by molar-refractivity contribution is 6.01. The van der Waals surface area contributed by atoms with Crippen molar-refractivity contribution in [3.63, 3.8) is 0 Å². The van der Waals surface area contributed by atoms with Gasteiger partial charge in [-0.2, -0.15) is 5.10 Å². The fraction of sp³-hybridized carbons (Fsp3) is 0.267. The first kappa shape index (κ1) is 15.0. The van der Waals surface area contributed by atoms with Gasteiger partial charge in [-0.3, -0.25) is 4.68 Å². The molecule has 2 heterocycles. The maximum absolute atomic E-state index is 11.7. The van der Waals surface area contributed by atoms with Gasteiger partial charge in [0.15, 0.2) is 11.5 Å². The van der Waals surface area contributed by atoms with Gasteiger partial charge in [0, 0.05) is 24.3 Å². The average Bonchev–Trinajstić information content (AvgIpc) is 2.74. The molecule has 0 spiro atoms. The van der Waals surface area contributed by atoms with Crippen LogP contribution in [0.2, 0.25) is 0 Å². The second-order valence-electron chi connectivity index (χ2n) is 5.37. The first-order valence-electron chi connectivity index (χ1n) is 6.97. The van der Waals surface area contributed by atoms with Crippen molar-refractivity contribution in [2.24, 2.45) is 5.73 Å². The minimum absolute atomic E-state index is 0.0314. The molecule has 0 fully saturated rings. The van der Waals surface area contributed by atoms with E-state index in [1.54, 1.807) is 11.6 Å². The molecule has 1 aliphatic rings. The maximum Gasteiger partial charge on any atom is 0.336 e. The van der Waals surface area contributed by atoms with Crippen LogP contribution in [0.25, 0.3) is 10.9 Å². The summed E-state index contributed by atoms with van der Waals surface area (Å²) >= 11 is 0. The van der Waals surface area contributed by atoms with E-state index in [2.05, 4.69) is 5.10 Å². The van der Waals surface area contributed by atoms with Gasteiger partial charge in [0.25, 0.3) is 0 Å². The number of rotatable bonds is 2. The lowest BCUT2D eigenvalue weighted by Crippen LogP contribution is -2.22. The van der Waals surface area contributed by atoms with Gasteiger partial charge in [0.05, 0.1) is 23.1 Å². The highest BCUT2D eigenvalue weighted by atomic mass is 16.6. The Balaban J connectivity index is 2.29. The van der Waals surface area contributed by atoms with Crippen LogP contribution in [0, 0.1) is 6.92 Å². The summed E-state index contributed by atoms with van der Waals surface area (Å²) in [6.07, 6.45) is 1.89. The van der Waals surface area contributed by atoms with E-state index in [9.17, 15) is 14.7 Å². The molecule has 0 saturated carbocycles. The minimum atomic E-state index is -0.779. The van der Waals surface area contributed by atoms with Gasteiger partial charge in [-0.15, -0.1) is 0 Å². The highest BCUT2D eigenvalue weighted by Gasteiger charge is 2.26. The number of carbonyl (C=O) groups is 2. The monoisotopic (exact) mass is 317 g/mol. The van der Waals surface area contributed by atoms with E-state index in [1.165, 1.54) is 6.07 Å². The van der Waals surface area contributed by atoms with Crippen molar-refractivity contribution in [2.45, 2.75) is 26.4 Å². The van der Waals surface area contributed by atoms with Crippen molar-refractivity contribution < 1.29 is 24.2 Å². The number of aromatic nitrogens is 2. The summed E-state index contributed by atoms with van der Waals surface area (Å²) in [5, 5.41) is 15.0. The summed E-state index contributed by atoms with van der Waals surface area (Å²) in [4.78, 5) is 23.4. The largest absolute Gasteiger partial charge is 0.504 e. The van der Waals surface area contributed by atoms with Gasteiger partial charge in [0.2, 0.25) is 5.75 Å². The predicted octanol–water partition coefficient (Wildman–Crippen LogP) is 0.778. The molecule has 0 aliphatic carbocycles. The summed E-state index contributed by atoms with van der Waals surface area (Å²) in [6.45, 7) is 3.96. The number of aromatic hydroxyl groups is 1. The van der Waals surface area contributed by atoms with Crippen molar-refractivity contribution in [1.29, 1.82) is 0 Å². The topological polar surface area (TPSA) is 117 Å². The van der Waals surface area contributed by atoms with Crippen molar-refractivity contribution >= 4 is 22.8 Å². The smallest absolute Gasteiger partial charge is 0.336 e. The van der Waals surface area contributed by atoms with Crippen molar-refractivity contribution in [3.8, 4) is 17.2 Å². The van der Waals surface area contributed by atoms with E-state index >= 15 is 0 Å². The Hall–Kier alpha value is -2.87. The van der Waals surface area contributed by atoms with Crippen LogP contribution >= 0.6 is 0 Å². The molecule has 0 amide bonds. The molecule has 1 aromatic heterocycles. The number of phenols is 1. The van der Waals surface area contributed by atoms with Crippen molar-refractivity contribution in [3.05, 3.63) is 23.9 Å². The van der Waals surface area contributed by atoms with Crippen LogP contribution in [0.1, 0.15) is 12.6 Å². The van der Waals surface area contributed by atoms with E-state index in [1.807, 2.05) is 6.92 Å². The molecule has 3 rings (SSSR count). The summed E-state index contributed by atoms with van der Waals surface area (Å²) < 4.78 is 11.9. The Morgan fingerprint density at radius 1 is 1.26 bits per heavy atom. The first-order chi connectivity index (χ1) is 10.9. The lowest BCUT2D eigenvalue weighted by molar-refractivity contribution is -0.133.